The van der Waals surface area contributed by atoms with E-state index in [1.54, 1.807) is 0 Å². The van der Waals surface area contributed by atoms with Crippen LogP contribution < -0.4 is 4.74 Å². The molecule has 1 saturated carbocycles. The minimum Gasteiger partial charge on any atom is -0.490 e. The predicted octanol–water partition coefficient (Wildman–Crippen LogP) is 3.35. The van der Waals surface area contributed by atoms with Gasteiger partial charge in [0.15, 0.2) is 10.9 Å². The fourth-order valence-electron chi connectivity index (χ4n) is 1.82. The van der Waals surface area contributed by atoms with Gasteiger partial charge in [0.2, 0.25) is 0 Å². The summed E-state index contributed by atoms with van der Waals surface area (Å²) in [6, 6.07) is 0. The van der Waals surface area contributed by atoms with E-state index in [0.29, 0.717) is 23.3 Å². The molecule has 0 bridgehead atoms. The van der Waals surface area contributed by atoms with E-state index in [1.807, 2.05) is 0 Å². The molecule has 5 heteroatoms. The first kappa shape index (κ1) is 11.0. The SMILES string of the molecule is Clc1nncc(OCC2CCCC2)c1Cl. The third-order valence-corrected chi connectivity index (χ3v) is 3.39. The number of rotatable bonds is 3. The van der Waals surface area contributed by atoms with Crippen LogP contribution in [0.5, 0.6) is 5.75 Å². The largest absolute Gasteiger partial charge is 0.490 e. The Labute approximate surface area is 98.7 Å². The lowest BCUT2D eigenvalue weighted by Gasteiger charge is -2.11. The Balaban J connectivity index is 1.95. The van der Waals surface area contributed by atoms with Crippen LogP contribution in [0, 0.1) is 5.92 Å². The average Bonchev–Trinajstić information content (AvgIpc) is 2.73. The Morgan fingerprint density at radius 3 is 2.80 bits per heavy atom. The van der Waals surface area contributed by atoms with Crippen molar-refractivity contribution >= 4 is 23.2 Å². The number of halogens is 2. The van der Waals surface area contributed by atoms with Gasteiger partial charge in [0.1, 0.15) is 5.02 Å². The molecule has 2 rings (SSSR count). The predicted molar refractivity (Wildman–Crippen MR) is 59.5 cm³/mol. The summed E-state index contributed by atoms with van der Waals surface area (Å²) in [5.41, 5.74) is 0. The van der Waals surface area contributed by atoms with Gasteiger partial charge in [-0.2, -0.15) is 5.10 Å². The summed E-state index contributed by atoms with van der Waals surface area (Å²) in [5.74, 6) is 1.18. The molecule has 0 unspecified atom stereocenters. The highest BCUT2D eigenvalue weighted by atomic mass is 35.5. The second-order valence-corrected chi connectivity index (χ2v) is 4.51. The molecule has 1 heterocycles. The van der Waals surface area contributed by atoms with Gasteiger partial charge in [0.25, 0.3) is 0 Å². The summed E-state index contributed by atoms with van der Waals surface area (Å²) >= 11 is 11.6. The van der Waals surface area contributed by atoms with E-state index in [0.717, 1.165) is 0 Å². The fourth-order valence-corrected chi connectivity index (χ4v) is 2.10. The minimum atomic E-state index is 0.195. The Morgan fingerprint density at radius 2 is 2.07 bits per heavy atom. The van der Waals surface area contributed by atoms with Crippen molar-refractivity contribution in [3.05, 3.63) is 16.4 Å². The molecule has 0 saturated heterocycles. The zero-order valence-electron chi connectivity index (χ0n) is 8.25. The van der Waals surface area contributed by atoms with E-state index in [-0.39, 0.29) is 5.15 Å². The first-order chi connectivity index (χ1) is 7.27. The third-order valence-electron chi connectivity index (χ3n) is 2.67. The molecule has 1 aliphatic carbocycles. The summed E-state index contributed by atoms with van der Waals surface area (Å²) in [6.07, 6.45) is 6.59. The van der Waals surface area contributed by atoms with Gasteiger partial charge < -0.3 is 4.74 Å². The van der Waals surface area contributed by atoms with Gasteiger partial charge in [-0.1, -0.05) is 36.0 Å². The number of hydrogen-bond donors (Lipinski definition) is 0. The van der Waals surface area contributed by atoms with E-state index in [9.17, 15) is 0 Å². The highest BCUT2D eigenvalue weighted by Gasteiger charge is 2.16. The van der Waals surface area contributed by atoms with Crippen LogP contribution in [-0.4, -0.2) is 16.8 Å². The molecule has 0 aromatic carbocycles. The molecule has 0 amide bonds. The van der Waals surface area contributed by atoms with Crippen LogP contribution >= 0.6 is 23.2 Å². The molecular weight excluding hydrogens is 235 g/mol. The molecule has 1 fully saturated rings. The molecule has 82 valence electrons. The minimum absolute atomic E-state index is 0.195. The lowest BCUT2D eigenvalue weighted by atomic mass is 10.1. The molecule has 0 spiro atoms. The van der Waals surface area contributed by atoms with Crippen LogP contribution in [-0.2, 0) is 0 Å². The maximum absolute atomic E-state index is 5.92. The van der Waals surface area contributed by atoms with E-state index in [1.165, 1.54) is 31.9 Å². The third kappa shape index (κ3) is 2.73. The van der Waals surface area contributed by atoms with Gasteiger partial charge in [-0.3, -0.25) is 0 Å². The first-order valence-corrected chi connectivity index (χ1v) is 5.82. The second-order valence-electron chi connectivity index (χ2n) is 3.78. The molecule has 1 aromatic heterocycles. The summed E-state index contributed by atoms with van der Waals surface area (Å²) in [7, 11) is 0. The average molecular weight is 247 g/mol. The Morgan fingerprint density at radius 1 is 1.33 bits per heavy atom. The zero-order chi connectivity index (χ0) is 10.7. The maximum atomic E-state index is 5.92. The van der Waals surface area contributed by atoms with Crippen molar-refractivity contribution in [2.45, 2.75) is 25.7 Å². The number of hydrogen-bond acceptors (Lipinski definition) is 3. The molecule has 1 aromatic rings. The summed E-state index contributed by atoms with van der Waals surface area (Å²) in [6.45, 7) is 0.696. The first-order valence-electron chi connectivity index (χ1n) is 5.07. The maximum Gasteiger partial charge on any atom is 0.174 e. The lowest BCUT2D eigenvalue weighted by Crippen LogP contribution is -2.08. The molecular formula is C10H12Cl2N2O. The summed E-state index contributed by atoms with van der Waals surface area (Å²) < 4.78 is 5.58. The Bertz CT molecular complexity index is 340. The van der Waals surface area contributed by atoms with Crippen molar-refractivity contribution < 1.29 is 4.74 Å². The number of ether oxygens (including phenoxy) is 1. The molecule has 3 nitrogen and oxygen atoms in total. The summed E-state index contributed by atoms with van der Waals surface area (Å²) in [5, 5.41) is 7.87. The van der Waals surface area contributed by atoms with Crippen molar-refractivity contribution in [2.24, 2.45) is 5.92 Å². The molecule has 0 radical (unpaired) electrons. The van der Waals surface area contributed by atoms with Gasteiger partial charge in [-0.25, -0.2) is 0 Å². The van der Waals surface area contributed by atoms with Gasteiger partial charge in [0.05, 0.1) is 12.8 Å². The van der Waals surface area contributed by atoms with Crippen LogP contribution in [0.4, 0.5) is 0 Å². The normalized spacial score (nSPS) is 16.9. The number of nitrogens with zero attached hydrogens (tertiary/aromatic N) is 2. The smallest absolute Gasteiger partial charge is 0.174 e. The molecule has 0 aliphatic heterocycles. The van der Waals surface area contributed by atoms with Gasteiger partial charge in [0, 0.05) is 0 Å². The van der Waals surface area contributed by atoms with Gasteiger partial charge >= 0.3 is 0 Å². The lowest BCUT2D eigenvalue weighted by molar-refractivity contribution is 0.251. The molecule has 0 N–H and O–H groups in total. The van der Waals surface area contributed by atoms with Gasteiger partial charge in [-0.05, 0) is 18.8 Å². The second kappa shape index (κ2) is 4.99. The highest BCUT2D eigenvalue weighted by Crippen LogP contribution is 2.30. The quantitative estimate of drug-likeness (QED) is 0.821. The van der Waals surface area contributed by atoms with Crippen molar-refractivity contribution in [2.75, 3.05) is 6.61 Å². The molecule has 0 atom stereocenters. The number of aromatic nitrogens is 2. The topological polar surface area (TPSA) is 35.0 Å². The van der Waals surface area contributed by atoms with Crippen LogP contribution in [0.3, 0.4) is 0 Å². The van der Waals surface area contributed by atoms with E-state index >= 15 is 0 Å². The fraction of sp³-hybridized carbons (Fsp3) is 0.600. The van der Waals surface area contributed by atoms with E-state index < -0.39 is 0 Å². The molecule has 1 aliphatic rings. The van der Waals surface area contributed by atoms with Crippen LogP contribution in [0.1, 0.15) is 25.7 Å². The Kier molecular flexibility index (Phi) is 3.65. The zero-order valence-corrected chi connectivity index (χ0v) is 9.76. The standard InChI is InChI=1S/C10H12Cl2N2O/c11-9-8(5-13-14-10(9)12)15-6-7-3-1-2-4-7/h5,7H,1-4,6H2. The summed E-state index contributed by atoms with van der Waals surface area (Å²) in [4.78, 5) is 0. The van der Waals surface area contributed by atoms with Crippen LogP contribution in [0.15, 0.2) is 6.20 Å². The van der Waals surface area contributed by atoms with Crippen LogP contribution in [0.2, 0.25) is 10.2 Å². The van der Waals surface area contributed by atoms with E-state index in [4.69, 9.17) is 27.9 Å². The van der Waals surface area contributed by atoms with Crippen molar-refractivity contribution in [1.29, 1.82) is 0 Å². The van der Waals surface area contributed by atoms with Gasteiger partial charge in [-0.15, -0.1) is 5.10 Å². The van der Waals surface area contributed by atoms with Crippen molar-refractivity contribution in [1.82, 2.24) is 10.2 Å². The highest BCUT2D eigenvalue weighted by molar-refractivity contribution is 6.42. The van der Waals surface area contributed by atoms with E-state index in [2.05, 4.69) is 10.2 Å². The van der Waals surface area contributed by atoms with Crippen molar-refractivity contribution in [3.8, 4) is 5.75 Å². The monoisotopic (exact) mass is 246 g/mol. The Hall–Kier alpha value is -0.540. The van der Waals surface area contributed by atoms with Crippen molar-refractivity contribution in [3.63, 3.8) is 0 Å². The van der Waals surface area contributed by atoms with Crippen LogP contribution in [0.25, 0.3) is 0 Å². The molecule has 15 heavy (non-hydrogen) atoms.